The minimum absolute atomic E-state index is 0.224. The second kappa shape index (κ2) is 7.85. The molecule has 1 amide bonds. The van der Waals surface area contributed by atoms with Gasteiger partial charge in [-0.2, -0.15) is 0 Å². The molecule has 0 aliphatic heterocycles. The van der Waals surface area contributed by atoms with Crippen molar-refractivity contribution in [3.8, 4) is 0 Å². The molecule has 154 valence electrons. The molecule has 0 radical (unpaired) electrons. The number of carbonyl (C=O) groups excluding carboxylic acids is 3. The first-order chi connectivity index (χ1) is 13.7. The summed E-state index contributed by atoms with van der Waals surface area (Å²) >= 11 is 0. The maximum atomic E-state index is 12.9. The lowest BCUT2D eigenvalue weighted by Crippen LogP contribution is -2.50. The number of nitrogens with one attached hydrogen (secondary N) is 1. The number of hydrogen-bond acceptors (Lipinski definition) is 5. The maximum absolute atomic E-state index is 12.9. The molecule has 2 aromatic rings. The van der Waals surface area contributed by atoms with Crippen molar-refractivity contribution in [1.82, 2.24) is 5.32 Å². The summed E-state index contributed by atoms with van der Waals surface area (Å²) in [6.07, 6.45) is 0.466. The Morgan fingerprint density at radius 1 is 1.10 bits per heavy atom. The fourth-order valence-electron chi connectivity index (χ4n) is 4.02. The van der Waals surface area contributed by atoms with E-state index in [1.54, 1.807) is 20.8 Å². The van der Waals surface area contributed by atoms with Crippen LogP contribution in [0.1, 0.15) is 51.6 Å². The third-order valence-electron chi connectivity index (χ3n) is 5.28. The molecule has 0 aromatic heterocycles. The lowest BCUT2D eigenvalue weighted by atomic mass is 9.74. The van der Waals surface area contributed by atoms with E-state index in [4.69, 9.17) is 9.47 Å². The number of methoxy groups -OCH3 is 1. The first-order valence-electron chi connectivity index (χ1n) is 9.77. The van der Waals surface area contributed by atoms with Crippen molar-refractivity contribution in [3.05, 3.63) is 48.0 Å². The molecule has 0 saturated heterocycles. The Bertz CT molecular complexity index is 946. The van der Waals surface area contributed by atoms with Crippen LogP contribution in [0.4, 0.5) is 4.79 Å². The van der Waals surface area contributed by atoms with Gasteiger partial charge in [-0.05, 0) is 56.0 Å². The number of fused-ring (bicyclic) bond motifs is 1. The number of ether oxygens (including phenoxy) is 2. The highest BCUT2D eigenvalue weighted by Gasteiger charge is 2.56. The summed E-state index contributed by atoms with van der Waals surface area (Å²) < 4.78 is 10.4. The summed E-state index contributed by atoms with van der Waals surface area (Å²) in [5.74, 6) is -0.854. The van der Waals surface area contributed by atoms with E-state index in [1.807, 2.05) is 42.5 Å². The van der Waals surface area contributed by atoms with Crippen LogP contribution in [0.5, 0.6) is 0 Å². The Hall–Kier alpha value is -2.89. The molecular weight excluding hydrogens is 370 g/mol. The molecule has 6 heteroatoms. The normalized spacial score (nSPS) is 20.3. The number of alkyl carbamates (subject to hydrolysis) is 1. The standard InChI is InChI=1S/C23H27NO5/c1-22(2,3)29-21(27)24-19(23(20(26)28-4)13-7-10-18(23)25)17-12-11-15-8-5-6-9-16(15)14-17/h5-6,8-9,11-12,14,19H,7,10,13H2,1-4H3,(H,24,27)/t19-,23+/m1/s1. The molecule has 1 N–H and O–H groups in total. The lowest BCUT2D eigenvalue weighted by molar-refractivity contribution is -0.158. The van der Waals surface area contributed by atoms with Gasteiger partial charge in [0.25, 0.3) is 0 Å². The predicted molar refractivity (Wildman–Crippen MR) is 109 cm³/mol. The zero-order chi connectivity index (χ0) is 21.2. The van der Waals surface area contributed by atoms with Crippen molar-refractivity contribution in [3.63, 3.8) is 0 Å². The van der Waals surface area contributed by atoms with Crippen molar-refractivity contribution in [2.45, 2.75) is 51.7 Å². The van der Waals surface area contributed by atoms with E-state index >= 15 is 0 Å². The van der Waals surface area contributed by atoms with Crippen molar-refractivity contribution in [2.75, 3.05) is 7.11 Å². The van der Waals surface area contributed by atoms with E-state index in [2.05, 4.69) is 5.32 Å². The molecule has 1 saturated carbocycles. The number of esters is 1. The zero-order valence-corrected chi connectivity index (χ0v) is 17.3. The summed E-state index contributed by atoms with van der Waals surface area (Å²) in [5, 5.41) is 4.78. The SMILES string of the molecule is COC(=O)[C@@]1([C@H](NC(=O)OC(C)(C)C)c2ccc3ccccc3c2)CCCC1=O. The number of amides is 1. The highest BCUT2D eigenvalue weighted by molar-refractivity contribution is 6.06. The van der Waals surface area contributed by atoms with Gasteiger partial charge in [0, 0.05) is 6.42 Å². The molecule has 2 atom stereocenters. The van der Waals surface area contributed by atoms with Crippen LogP contribution in [-0.2, 0) is 19.1 Å². The van der Waals surface area contributed by atoms with Crippen LogP contribution < -0.4 is 5.32 Å². The third-order valence-corrected chi connectivity index (χ3v) is 5.28. The fraction of sp³-hybridized carbons (Fsp3) is 0.435. The van der Waals surface area contributed by atoms with Gasteiger partial charge >= 0.3 is 12.1 Å². The highest BCUT2D eigenvalue weighted by Crippen LogP contribution is 2.46. The van der Waals surface area contributed by atoms with Gasteiger partial charge in [-0.25, -0.2) is 4.79 Å². The maximum Gasteiger partial charge on any atom is 0.408 e. The van der Waals surface area contributed by atoms with E-state index in [0.29, 0.717) is 18.4 Å². The third kappa shape index (κ3) is 4.11. The predicted octanol–water partition coefficient (Wildman–Crippen LogP) is 4.32. The monoisotopic (exact) mass is 397 g/mol. The molecule has 1 aliphatic rings. The van der Waals surface area contributed by atoms with Gasteiger partial charge in [-0.1, -0.05) is 36.4 Å². The average molecular weight is 397 g/mol. The number of hydrogen-bond donors (Lipinski definition) is 1. The minimum Gasteiger partial charge on any atom is -0.468 e. The fourth-order valence-corrected chi connectivity index (χ4v) is 4.02. The van der Waals surface area contributed by atoms with Crippen molar-refractivity contribution < 1.29 is 23.9 Å². The van der Waals surface area contributed by atoms with Gasteiger partial charge in [-0.3, -0.25) is 9.59 Å². The van der Waals surface area contributed by atoms with Crippen LogP contribution in [0.3, 0.4) is 0 Å². The summed E-state index contributed by atoms with van der Waals surface area (Å²) in [6, 6.07) is 12.5. The Kier molecular flexibility index (Phi) is 5.64. The van der Waals surface area contributed by atoms with E-state index in [9.17, 15) is 14.4 Å². The van der Waals surface area contributed by atoms with Crippen LogP contribution in [0.2, 0.25) is 0 Å². The van der Waals surface area contributed by atoms with E-state index in [1.165, 1.54) is 7.11 Å². The minimum atomic E-state index is -1.46. The Labute approximate surface area is 170 Å². The van der Waals surface area contributed by atoms with E-state index < -0.39 is 29.1 Å². The lowest BCUT2D eigenvalue weighted by Gasteiger charge is -2.35. The Morgan fingerprint density at radius 2 is 1.79 bits per heavy atom. The van der Waals surface area contributed by atoms with E-state index in [-0.39, 0.29) is 12.2 Å². The summed E-state index contributed by atoms with van der Waals surface area (Å²) in [6.45, 7) is 5.28. The molecule has 3 rings (SSSR count). The Morgan fingerprint density at radius 3 is 2.38 bits per heavy atom. The van der Waals surface area contributed by atoms with Gasteiger partial charge < -0.3 is 14.8 Å². The second-order valence-corrected chi connectivity index (χ2v) is 8.43. The molecule has 0 unspecified atom stereocenters. The number of Topliss-reactive ketones (excluding diaryl/α,β-unsaturated/α-hetero) is 1. The summed E-state index contributed by atoms with van der Waals surface area (Å²) in [5.41, 5.74) is -1.51. The molecular formula is C23H27NO5. The molecule has 0 spiro atoms. The number of ketones is 1. The first-order valence-corrected chi connectivity index (χ1v) is 9.77. The largest absolute Gasteiger partial charge is 0.468 e. The van der Waals surface area contributed by atoms with Crippen LogP contribution in [0, 0.1) is 5.41 Å². The van der Waals surface area contributed by atoms with Crippen LogP contribution in [-0.4, -0.2) is 30.6 Å². The van der Waals surface area contributed by atoms with Crippen molar-refractivity contribution >= 4 is 28.6 Å². The quantitative estimate of drug-likeness (QED) is 0.614. The van der Waals surface area contributed by atoms with Gasteiger partial charge in [0.05, 0.1) is 13.2 Å². The van der Waals surface area contributed by atoms with Gasteiger partial charge in [0.2, 0.25) is 0 Å². The van der Waals surface area contributed by atoms with Crippen LogP contribution in [0.25, 0.3) is 10.8 Å². The number of benzene rings is 2. The van der Waals surface area contributed by atoms with E-state index in [0.717, 1.165) is 10.8 Å². The summed E-state index contributed by atoms with van der Waals surface area (Å²) in [7, 11) is 1.26. The molecule has 1 fully saturated rings. The number of rotatable bonds is 4. The summed E-state index contributed by atoms with van der Waals surface area (Å²) in [4.78, 5) is 38.4. The van der Waals surface area contributed by atoms with Gasteiger partial charge in [-0.15, -0.1) is 0 Å². The van der Waals surface area contributed by atoms with Crippen LogP contribution in [0.15, 0.2) is 42.5 Å². The number of carbonyl (C=O) groups is 3. The van der Waals surface area contributed by atoms with Gasteiger partial charge in [0.1, 0.15) is 5.60 Å². The average Bonchev–Trinajstić information content (AvgIpc) is 3.05. The van der Waals surface area contributed by atoms with Crippen LogP contribution >= 0.6 is 0 Å². The topological polar surface area (TPSA) is 81.7 Å². The van der Waals surface area contributed by atoms with Crippen molar-refractivity contribution in [2.24, 2.45) is 5.41 Å². The first kappa shape index (κ1) is 20.8. The Balaban J connectivity index is 2.10. The van der Waals surface area contributed by atoms with Crippen molar-refractivity contribution in [1.29, 1.82) is 0 Å². The zero-order valence-electron chi connectivity index (χ0n) is 17.3. The molecule has 2 aromatic carbocycles. The van der Waals surface area contributed by atoms with Gasteiger partial charge in [0.15, 0.2) is 11.2 Å². The molecule has 0 bridgehead atoms. The molecule has 1 aliphatic carbocycles. The molecule has 0 heterocycles. The highest BCUT2D eigenvalue weighted by atomic mass is 16.6. The second-order valence-electron chi connectivity index (χ2n) is 8.43. The molecule has 6 nitrogen and oxygen atoms in total. The molecule has 29 heavy (non-hydrogen) atoms. The smallest absolute Gasteiger partial charge is 0.408 e.